The van der Waals surface area contributed by atoms with E-state index in [2.05, 4.69) is 171 Å². The summed E-state index contributed by atoms with van der Waals surface area (Å²) in [6.07, 6.45) is 6.58. The summed E-state index contributed by atoms with van der Waals surface area (Å²) in [6.45, 7) is 20.2. The van der Waals surface area contributed by atoms with Gasteiger partial charge in [0.1, 0.15) is 0 Å². The average molecular weight is 825 g/mol. The van der Waals surface area contributed by atoms with Crippen molar-refractivity contribution >= 4 is 48.1 Å². The minimum absolute atomic E-state index is 0.209. The number of fused-ring (bicyclic) bond motifs is 2. The van der Waals surface area contributed by atoms with Crippen molar-refractivity contribution in [3.8, 4) is 22.3 Å². The molecule has 0 atom stereocenters. The predicted octanol–water partition coefficient (Wildman–Crippen LogP) is 15.9. The zero-order valence-electron chi connectivity index (χ0n) is 32.9. The normalized spacial score (nSPS) is 15.5. The molecule has 0 N–H and O–H groups in total. The van der Waals surface area contributed by atoms with Crippen LogP contribution < -0.4 is 0 Å². The van der Waals surface area contributed by atoms with Crippen LogP contribution in [-0.2, 0) is 32.7 Å². The van der Waals surface area contributed by atoms with Gasteiger partial charge in [-0.15, -0.1) is 69.1 Å². The van der Waals surface area contributed by atoms with Crippen LogP contribution in [0, 0.1) is 5.92 Å². The quantitative estimate of drug-likeness (QED) is 0.120. The second-order valence-electron chi connectivity index (χ2n) is 15.8. The van der Waals surface area contributed by atoms with E-state index < -0.39 is 20.8 Å². The van der Waals surface area contributed by atoms with Crippen molar-refractivity contribution in [1.82, 2.24) is 0 Å². The molecule has 1 aliphatic carbocycles. The number of hydrogen-bond donors (Lipinski definition) is 0. The van der Waals surface area contributed by atoms with Gasteiger partial charge in [0, 0.05) is 9.52 Å². The zero-order chi connectivity index (χ0) is 37.8. The molecule has 4 heteroatoms. The van der Waals surface area contributed by atoms with E-state index in [1.165, 1.54) is 86.2 Å². The van der Waals surface area contributed by atoms with Gasteiger partial charge in [-0.25, -0.2) is 0 Å². The van der Waals surface area contributed by atoms with Gasteiger partial charge in [0.15, 0.2) is 0 Å². The van der Waals surface area contributed by atoms with Gasteiger partial charge >= 0.3 is 37.9 Å². The van der Waals surface area contributed by atoms with Crippen LogP contribution in [0.4, 0.5) is 0 Å². The van der Waals surface area contributed by atoms with Gasteiger partial charge in [0.05, 0.1) is 0 Å². The number of halogens is 2. The minimum atomic E-state index is -0.826. The molecule has 1 saturated carbocycles. The predicted molar refractivity (Wildman–Crippen MR) is 232 cm³/mol. The first-order chi connectivity index (χ1) is 24.9. The van der Waals surface area contributed by atoms with Crippen molar-refractivity contribution < 1.29 is 20.8 Å². The van der Waals surface area contributed by atoms with Crippen molar-refractivity contribution in [2.75, 3.05) is 0 Å². The molecule has 0 bridgehead atoms. The van der Waals surface area contributed by atoms with Gasteiger partial charge < -0.3 is 0 Å². The Balaban J connectivity index is 0.000000205. The summed E-state index contributed by atoms with van der Waals surface area (Å²) in [7, 11) is 11.0. The van der Waals surface area contributed by atoms with Gasteiger partial charge in [-0.3, -0.25) is 0 Å². The van der Waals surface area contributed by atoms with E-state index in [0.717, 1.165) is 27.8 Å². The summed E-state index contributed by atoms with van der Waals surface area (Å²) < 4.78 is 0. The molecule has 0 aromatic heterocycles. The molecule has 6 aromatic carbocycles. The maximum absolute atomic E-state index is 4.93. The Hall–Kier alpha value is -2.22. The molecule has 1 aliphatic rings. The van der Waals surface area contributed by atoms with Crippen LogP contribution in [0.2, 0.25) is 13.1 Å². The van der Waals surface area contributed by atoms with Crippen molar-refractivity contribution in [1.29, 1.82) is 0 Å². The molecule has 1 fully saturated rings. The van der Waals surface area contributed by atoms with Crippen LogP contribution in [0.1, 0.15) is 108 Å². The molecule has 52 heavy (non-hydrogen) atoms. The van der Waals surface area contributed by atoms with Crippen LogP contribution in [-0.4, -0.2) is 9.52 Å². The molecule has 7 rings (SSSR count). The number of hydrogen-bond acceptors (Lipinski definition) is 0. The van der Waals surface area contributed by atoms with Crippen molar-refractivity contribution in [3.05, 3.63) is 131 Å². The molecule has 6 aromatic rings. The molecule has 0 saturated heterocycles. The first-order valence-corrected chi connectivity index (χ1v) is 27.4. The summed E-state index contributed by atoms with van der Waals surface area (Å²) >= 11 is -0.826. The molecule has 0 heterocycles. The van der Waals surface area contributed by atoms with Crippen LogP contribution in [0.3, 0.4) is 0 Å². The fraction of sp³-hybridized carbons (Fsp3) is 0.375. The Morgan fingerprint density at radius 3 is 1.69 bits per heavy atom. The summed E-state index contributed by atoms with van der Waals surface area (Å²) in [4.78, 5) is 0. The number of rotatable bonds is 5. The monoisotopic (exact) mass is 822 g/mol. The average Bonchev–Trinajstić information content (AvgIpc) is 3.77. The summed E-state index contributed by atoms with van der Waals surface area (Å²) in [5, 5.41) is 5.55. The first-order valence-electron chi connectivity index (χ1n) is 19.1. The van der Waals surface area contributed by atoms with E-state index in [9.17, 15) is 0 Å². The van der Waals surface area contributed by atoms with E-state index in [1.54, 1.807) is 5.56 Å². The van der Waals surface area contributed by atoms with Gasteiger partial charge in [-0.2, -0.15) is 12.1 Å². The Morgan fingerprint density at radius 1 is 0.731 bits per heavy atom. The molecular weight excluding hydrogens is 767 g/mol. The molecule has 272 valence electrons. The second kappa shape index (κ2) is 20.5. The fourth-order valence-electron chi connectivity index (χ4n) is 7.29. The van der Waals surface area contributed by atoms with Crippen molar-refractivity contribution in [2.24, 2.45) is 5.92 Å². The van der Waals surface area contributed by atoms with Crippen molar-refractivity contribution in [2.45, 2.75) is 111 Å². The van der Waals surface area contributed by atoms with E-state index in [4.69, 9.17) is 17.0 Å². The molecule has 0 spiro atoms. The van der Waals surface area contributed by atoms with Gasteiger partial charge in [0.25, 0.3) is 0 Å². The van der Waals surface area contributed by atoms with Gasteiger partial charge in [-0.05, 0) is 64.7 Å². The Labute approximate surface area is 337 Å². The Kier molecular flexibility index (Phi) is 16.7. The van der Waals surface area contributed by atoms with E-state index >= 15 is 0 Å². The van der Waals surface area contributed by atoms with Crippen LogP contribution in [0.5, 0.6) is 0 Å². The molecular formula is C48H58Cl2SiZr. The third-order valence-electron chi connectivity index (χ3n) is 10.4. The summed E-state index contributed by atoms with van der Waals surface area (Å²) in [5.74, 6) is 2.26. The van der Waals surface area contributed by atoms with E-state index in [0.29, 0.717) is 5.92 Å². The fourth-order valence-corrected chi connectivity index (χ4v) is 7.29. The topological polar surface area (TPSA) is 0 Å². The third kappa shape index (κ3) is 11.4. The second-order valence-corrected chi connectivity index (χ2v) is 20.5. The maximum atomic E-state index is 4.93. The number of aryl methyl sites for hydroxylation is 1. The standard InChI is InChI=1S/C25H29.C21H23.C2H6Si.2ClH.Zr/c1-17(2)19-11-13-21(14-12-19)24-6-4-5-22-15-23(16-25(22)24)20-9-7-18(3)8-10-20;1-5-15-13-17-7-6-8-19(20(17)14-15)16-9-11-18(12-10-16)21(2,3)4;1-3-2;;;/h4-6,11-18,20H,7-10H2,1-3H3;6-14H,5H2,1-4H3;1-2H3;2*1H;/q2*-1;;;;+4/p-2. The molecule has 0 nitrogen and oxygen atoms in total. The van der Waals surface area contributed by atoms with E-state index in [1.807, 2.05) is 0 Å². The SMILES string of the molecule is CC1CCC(c2cc3c(-c4ccc(C(C)C)cc4)cccc3[cH-]2)CC1.CCc1cc2c(-c3ccc(C(C)(C)C)cc3)cccc2[cH-]1.C[Si]C.[Cl][Zr+2][Cl]. The number of benzene rings is 4. The molecule has 2 radical (unpaired) electrons. The first kappa shape index (κ1) is 42.5. The molecule has 0 amide bonds. The van der Waals surface area contributed by atoms with Gasteiger partial charge in [0.2, 0.25) is 0 Å². The van der Waals surface area contributed by atoms with Crippen LogP contribution in [0.25, 0.3) is 43.8 Å². The summed E-state index contributed by atoms with van der Waals surface area (Å²) in [6, 6.07) is 41.1. The van der Waals surface area contributed by atoms with E-state index in [-0.39, 0.29) is 5.41 Å². The molecule has 0 aliphatic heterocycles. The third-order valence-corrected chi connectivity index (χ3v) is 10.4. The Bertz CT molecular complexity index is 1930. The van der Waals surface area contributed by atoms with Gasteiger partial charge in [-0.1, -0.05) is 146 Å². The molecule has 0 unspecified atom stereocenters. The zero-order valence-corrected chi connectivity index (χ0v) is 37.9. The van der Waals surface area contributed by atoms with Crippen LogP contribution in [0.15, 0.2) is 109 Å². The van der Waals surface area contributed by atoms with Crippen molar-refractivity contribution in [3.63, 3.8) is 0 Å². The Morgan fingerprint density at radius 2 is 1.21 bits per heavy atom. The summed E-state index contributed by atoms with van der Waals surface area (Å²) in [5.41, 5.74) is 11.4. The van der Waals surface area contributed by atoms with Crippen LogP contribution >= 0.6 is 17.0 Å².